The van der Waals surface area contributed by atoms with Crippen molar-refractivity contribution in [3.8, 4) is 0 Å². The van der Waals surface area contributed by atoms with Crippen LogP contribution < -0.4 is 0 Å². The van der Waals surface area contributed by atoms with Crippen molar-refractivity contribution in [3.63, 3.8) is 0 Å². The molecule has 0 unspecified atom stereocenters. The van der Waals surface area contributed by atoms with Crippen molar-refractivity contribution in [2.45, 2.75) is 32.2 Å². The Morgan fingerprint density at radius 1 is 1.31 bits per heavy atom. The highest BCUT2D eigenvalue weighted by Crippen LogP contribution is 2.28. The monoisotopic (exact) mass is 215 g/mol. The van der Waals surface area contributed by atoms with Crippen molar-refractivity contribution in [2.24, 2.45) is 0 Å². The van der Waals surface area contributed by atoms with E-state index < -0.39 is 0 Å². The number of benzene rings is 1. The minimum absolute atomic E-state index is 0.286. The average molecular weight is 215 g/mol. The smallest absolute Gasteiger partial charge is 0.0513 e. The summed E-state index contributed by atoms with van der Waals surface area (Å²) in [6, 6.07) is 6.82. The first-order valence-corrected chi connectivity index (χ1v) is 6.10. The molecule has 2 heteroatoms. The Morgan fingerprint density at radius 3 is 3.12 bits per heavy atom. The molecule has 0 radical (unpaired) electrons. The highest BCUT2D eigenvalue weighted by atomic mass is 16.2. The maximum absolute atomic E-state index is 8.88. The number of rotatable bonds is 3. The lowest BCUT2D eigenvalue weighted by Gasteiger charge is -2.16. The van der Waals surface area contributed by atoms with Gasteiger partial charge in [-0.3, -0.25) is 0 Å². The third-order valence-electron chi connectivity index (χ3n) is 3.47. The minimum atomic E-state index is 0.286. The molecule has 2 nitrogen and oxygen atoms in total. The van der Waals surface area contributed by atoms with Crippen LogP contribution in [0.5, 0.6) is 0 Å². The van der Waals surface area contributed by atoms with Crippen LogP contribution in [0.4, 0.5) is 0 Å². The molecule has 1 N–H and O–H groups in total. The largest absolute Gasteiger partial charge is 0.396 e. The van der Waals surface area contributed by atoms with Gasteiger partial charge in [0.05, 0.1) is 5.52 Å². The van der Waals surface area contributed by atoms with Crippen LogP contribution >= 0.6 is 0 Å². The van der Waals surface area contributed by atoms with E-state index in [1.54, 1.807) is 0 Å². The van der Waals surface area contributed by atoms with E-state index in [1.165, 1.54) is 34.9 Å². The fourth-order valence-electron chi connectivity index (χ4n) is 2.75. The van der Waals surface area contributed by atoms with Crippen molar-refractivity contribution in [2.75, 3.05) is 6.61 Å². The molecule has 0 atom stereocenters. The van der Waals surface area contributed by atoms with Gasteiger partial charge in [0.15, 0.2) is 0 Å². The molecular formula is C14H17NO. The van der Waals surface area contributed by atoms with Crippen LogP contribution in [-0.4, -0.2) is 16.3 Å². The van der Waals surface area contributed by atoms with E-state index in [0.717, 1.165) is 19.4 Å². The third kappa shape index (κ3) is 1.54. The Balaban J connectivity index is 2.08. The SMILES string of the molecule is OCCCc1cc2c3c(ccn3CCC2)c1. The summed E-state index contributed by atoms with van der Waals surface area (Å²) in [5, 5.41) is 10.2. The lowest BCUT2D eigenvalue weighted by molar-refractivity contribution is 0.288. The van der Waals surface area contributed by atoms with Crippen molar-refractivity contribution in [3.05, 3.63) is 35.5 Å². The van der Waals surface area contributed by atoms with Gasteiger partial charge in [0.25, 0.3) is 0 Å². The second-order valence-corrected chi connectivity index (χ2v) is 4.63. The summed E-state index contributed by atoms with van der Waals surface area (Å²) < 4.78 is 2.37. The highest BCUT2D eigenvalue weighted by Gasteiger charge is 2.12. The summed E-state index contributed by atoms with van der Waals surface area (Å²) in [7, 11) is 0. The van der Waals surface area contributed by atoms with Gasteiger partial charge in [-0.25, -0.2) is 0 Å². The number of aromatic nitrogens is 1. The molecule has 0 fully saturated rings. The standard InChI is InChI=1S/C14H17NO/c16-8-2-3-11-9-12-4-1-6-15-7-5-13(10-11)14(12)15/h5,7,9-10,16H,1-4,6,8H2. The third-order valence-corrected chi connectivity index (χ3v) is 3.47. The predicted octanol–water partition coefficient (Wildman–Crippen LogP) is 2.51. The van der Waals surface area contributed by atoms with E-state index in [4.69, 9.17) is 5.11 Å². The summed E-state index contributed by atoms with van der Waals surface area (Å²) in [6.07, 6.45) is 6.51. The van der Waals surface area contributed by atoms with Crippen LogP contribution in [0.2, 0.25) is 0 Å². The Kier molecular flexibility index (Phi) is 2.44. The van der Waals surface area contributed by atoms with Crippen molar-refractivity contribution in [1.29, 1.82) is 0 Å². The second-order valence-electron chi connectivity index (χ2n) is 4.63. The molecule has 1 aliphatic heterocycles. The van der Waals surface area contributed by atoms with E-state index >= 15 is 0 Å². The number of aryl methyl sites for hydroxylation is 3. The van der Waals surface area contributed by atoms with Crippen molar-refractivity contribution >= 4 is 10.9 Å². The first-order chi connectivity index (χ1) is 7.88. The molecule has 3 rings (SSSR count). The molecule has 0 aliphatic carbocycles. The van der Waals surface area contributed by atoms with Crippen LogP contribution in [0.3, 0.4) is 0 Å². The maximum Gasteiger partial charge on any atom is 0.0513 e. The molecule has 0 bridgehead atoms. The fourth-order valence-corrected chi connectivity index (χ4v) is 2.75. The first-order valence-electron chi connectivity index (χ1n) is 6.10. The van der Waals surface area contributed by atoms with Gasteiger partial charge in [-0.1, -0.05) is 6.07 Å². The normalized spacial score (nSPS) is 14.6. The lowest BCUT2D eigenvalue weighted by Crippen LogP contribution is -2.07. The van der Waals surface area contributed by atoms with E-state index in [9.17, 15) is 0 Å². The van der Waals surface area contributed by atoms with Gasteiger partial charge in [-0.2, -0.15) is 0 Å². The summed E-state index contributed by atoms with van der Waals surface area (Å²) in [4.78, 5) is 0. The van der Waals surface area contributed by atoms with Gasteiger partial charge >= 0.3 is 0 Å². The second kappa shape index (κ2) is 3.95. The number of hydrogen-bond donors (Lipinski definition) is 1. The van der Waals surface area contributed by atoms with E-state index in [-0.39, 0.29) is 6.61 Å². The summed E-state index contributed by atoms with van der Waals surface area (Å²) >= 11 is 0. The van der Waals surface area contributed by atoms with Gasteiger partial charge < -0.3 is 9.67 Å². The van der Waals surface area contributed by atoms with E-state index in [1.807, 2.05) is 0 Å². The maximum atomic E-state index is 8.88. The number of aliphatic hydroxyl groups is 1. The Labute approximate surface area is 95.5 Å². The van der Waals surface area contributed by atoms with Crippen LogP contribution in [0, 0.1) is 0 Å². The Hall–Kier alpha value is -1.28. The molecule has 2 heterocycles. The van der Waals surface area contributed by atoms with Crippen LogP contribution in [0.1, 0.15) is 24.0 Å². The number of nitrogens with zero attached hydrogens (tertiary/aromatic N) is 1. The molecule has 0 amide bonds. The molecule has 1 aromatic carbocycles. The Morgan fingerprint density at radius 2 is 2.25 bits per heavy atom. The molecule has 0 saturated heterocycles. The summed E-state index contributed by atoms with van der Waals surface area (Å²) in [6.45, 7) is 1.45. The Bertz CT molecular complexity index is 513. The van der Waals surface area contributed by atoms with Gasteiger partial charge in [-0.15, -0.1) is 0 Å². The predicted molar refractivity (Wildman–Crippen MR) is 65.7 cm³/mol. The average Bonchev–Trinajstić information content (AvgIpc) is 2.72. The molecule has 2 aromatic rings. The zero-order valence-electron chi connectivity index (χ0n) is 9.45. The molecule has 1 aliphatic rings. The van der Waals surface area contributed by atoms with Crippen molar-refractivity contribution in [1.82, 2.24) is 4.57 Å². The molecule has 0 spiro atoms. The van der Waals surface area contributed by atoms with Crippen molar-refractivity contribution < 1.29 is 5.11 Å². The van der Waals surface area contributed by atoms with Crippen LogP contribution in [0.15, 0.2) is 24.4 Å². The number of aliphatic hydroxyl groups excluding tert-OH is 1. The van der Waals surface area contributed by atoms with Crippen LogP contribution in [-0.2, 0) is 19.4 Å². The summed E-state index contributed by atoms with van der Waals surface area (Å²) in [5.74, 6) is 0. The quantitative estimate of drug-likeness (QED) is 0.836. The van der Waals surface area contributed by atoms with Gasteiger partial charge in [0, 0.05) is 24.7 Å². The highest BCUT2D eigenvalue weighted by molar-refractivity contribution is 5.84. The lowest BCUT2D eigenvalue weighted by atomic mass is 9.98. The molecule has 84 valence electrons. The van der Waals surface area contributed by atoms with E-state index in [2.05, 4.69) is 29.0 Å². The number of hydrogen-bond acceptors (Lipinski definition) is 1. The summed E-state index contributed by atoms with van der Waals surface area (Å²) in [5.41, 5.74) is 4.29. The fraction of sp³-hybridized carbons (Fsp3) is 0.429. The molecular weight excluding hydrogens is 198 g/mol. The van der Waals surface area contributed by atoms with Gasteiger partial charge in [-0.05, 0) is 48.9 Å². The topological polar surface area (TPSA) is 25.2 Å². The first kappa shape index (κ1) is 9.91. The van der Waals surface area contributed by atoms with Gasteiger partial charge in [0.2, 0.25) is 0 Å². The molecule has 0 saturated carbocycles. The van der Waals surface area contributed by atoms with E-state index in [0.29, 0.717) is 0 Å². The van der Waals surface area contributed by atoms with Gasteiger partial charge in [0.1, 0.15) is 0 Å². The zero-order valence-corrected chi connectivity index (χ0v) is 9.45. The molecule has 1 aromatic heterocycles. The zero-order chi connectivity index (χ0) is 11.0. The minimum Gasteiger partial charge on any atom is -0.396 e. The molecule has 16 heavy (non-hydrogen) atoms. The van der Waals surface area contributed by atoms with Crippen LogP contribution in [0.25, 0.3) is 10.9 Å².